The molecule has 2 aliphatic carbocycles. The summed E-state index contributed by atoms with van der Waals surface area (Å²) in [5, 5.41) is 0.298. The number of halogens is 2. The van der Waals surface area contributed by atoms with Crippen LogP contribution in [0.5, 0.6) is 0 Å². The predicted octanol–water partition coefficient (Wildman–Crippen LogP) is 8.57. The molecule has 0 aromatic carbocycles. The summed E-state index contributed by atoms with van der Waals surface area (Å²) in [6.45, 7) is 14.9. The molecule has 0 saturated heterocycles. The topological polar surface area (TPSA) is 40.5 Å². The van der Waals surface area contributed by atoms with Crippen molar-refractivity contribution in [3.63, 3.8) is 0 Å². The van der Waals surface area contributed by atoms with Crippen molar-refractivity contribution in [2.24, 2.45) is 5.92 Å². The second-order valence-electron chi connectivity index (χ2n) is 10.1. The average molecular weight is 571 g/mol. The molecule has 2 N–H and O–H groups in total. The molecule has 0 spiro atoms. The molecule has 2 nitrogen and oxygen atoms in total. The molecule has 0 amide bonds. The molecule has 2 unspecified atom stereocenters. The fraction of sp³-hybridized carbons (Fsp3) is 1.00. The summed E-state index contributed by atoms with van der Waals surface area (Å²) < 4.78 is 0. The minimum atomic E-state index is -1.11. The number of rotatable bonds is 1. The van der Waals surface area contributed by atoms with Crippen molar-refractivity contribution >= 4 is 36.0 Å². The van der Waals surface area contributed by atoms with Crippen molar-refractivity contribution in [1.82, 2.24) is 0 Å². The molecule has 0 aliphatic heterocycles. The summed E-state index contributed by atoms with van der Waals surface area (Å²) in [7, 11) is 8.59. The van der Waals surface area contributed by atoms with Gasteiger partial charge in [0.2, 0.25) is 0 Å². The molecule has 0 aromatic heterocycles. The zero-order valence-electron chi connectivity index (χ0n) is 19.2. The Morgan fingerprint density at radius 3 is 1.36 bits per heavy atom. The molecule has 0 bridgehead atoms. The summed E-state index contributed by atoms with van der Waals surface area (Å²) in [4.78, 5) is 18.5. The monoisotopic (exact) mass is 569 g/mol. The van der Waals surface area contributed by atoms with E-state index in [1.807, 2.05) is 20.8 Å². The maximum absolute atomic E-state index is 10.1. The molecule has 2 atom stereocenters. The van der Waals surface area contributed by atoms with E-state index < -0.39 is 8.15 Å². The van der Waals surface area contributed by atoms with Gasteiger partial charge in [-0.1, -0.05) is 66.2 Å². The molecule has 0 radical (unpaired) electrons. The van der Waals surface area contributed by atoms with E-state index in [0.717, 1.165) is 5.92 Å². The first-order chi connectivity index (χ1) is 12.9. The van der Waals surface area contributed by atoms with Crippen molar-refractivity contribution < 1.29 is 25.7 Å². The first-order valence-corrected chi connectivity index (χ1v) is 17.2. The van der Waals surface area contributed by atoms with E-state index in [0.29, 0.717) is 5.66 Å². The third-order valence-electron chi connectivity index (χ3n) is 4.99. The third-order valence-corrected chi connectivity index (χ3v) is 8.55. The molecule has 0 heterocycles. The van der Waals surface area contributed by atoms with Crippen LogP contribution in [0.2, 0.25) is 0 Å². The minimum absolute atomic E-state index is 0.0671. The van der Waals surface area contributed by atoms with Gasteiger partial charge in [0.1, 0.15) is 8.15 Å². The molecule has 0 aromatic rings. The molecule has 2 saturated carbocycles. The van der Waals surface area contributed by atoms with Crippen molar-refractivity contribution in [2.45, 2.75) is 129 Å². The summed E-state index contributed by atoms with van der Waals surface area (Å²) in [6.07, 6.45) is 14.1. The molecular formula is C21H47Cl2O2P2Pd+. The molecule has 176 valence electrons. The van der Waals surface area contributed by atoms with Gasteiger partial charge in [0.05, 0.1) is 10.8 Å². The first kappa shape index (κ1) is 32.2. The van der Waals surface area contributed by atoms with Crippen LogP contribution >= 0.6 is 36.0 Å². The van der Waals surface area contributed by atoms with E-state index in [2.05, 4.69) is 27.7 Å². The molecule has 2 aliphatic rings. The fourth-order valence-corrected chi connectivity index (χ4v) is 5.47. The van der Waals surface area contributed by atoms with E-state index in [9.17, 15) is 4.89 Å². The standard InChI is InChI=1S/C10H21OP.C7H14.C4H11OP.2ClH.Pd/c1-10(2,3)12(11)9-7-5-4-6-8-9;1-7-5-3-2-4-6-7;1-4(2,3)6-5;;;/h9,11H,4-8H2,1-3H3;7H,2-6H2,1H3;5-6H,1-3H3;2*1H;/q;;;;;+2/p-1. The Balaban J connectivity index is 0. The SMILES string of the molecule is CC(C)(C)PO.CC(C)(C)[PH+](O)C1CCCCC1.CC1CCCCC1.[Cl][Pd][Cl]. The zero-order valence-corrected chi connectivity index (χ0v) is 24.3. The van der Waals surface area contributed by atoms with Crippen LogP contribution < -0.4 is 0 Å². The number of hydrogen-bond donors (Lipinski definition) is 2. The van der Waals surface area contributed by atoms with Crippen LogP contribution in [0.4, 0.5) is 0 Å². The second-order valence-corrected chi connectivity index (χ2v) is 17.3. The summed E-state index contributed by atoms with van der Waals surface area (Å²) in [5.74, 6) is 1.04. The summed E-state index contributed by atoms with van der Waals surface area (Å²) >= 11 is -0.106. The Hall–Kier alpha value is 2.02. The predicted molar refractivity (Wildman–Crippen MR) is 131 cm³/mol. The van der Waals surface area contributed by atoms with Crippen LogP contribution in [0.15, 0.2) is 0 Å². The summed E-state index contributed by atoms with van der Waals surface area (Å²) in [5.41, 5.74) is 0.670. The van der Waals surface area contributed by atoms with Crippen molar-refractivity contribution in [3.8, 4) is 0 Å². The van der Waals surface area contributed by atoms with E-state index >= 15 is 0 Å². The van der Waals surface area contributed by atoms with Gasteiger partial charge in [-0.25, -0.2) is 0 Å². The van der Waals surface area contributed by atoms with Gasteiger partial charge in [-0.05, 0) is 52.4 Å². The van der Waals surface area contributed by atoms with Crippen LogP contribution in [0, 0.1) is 5.92 Å². The van der Waals surface area contributed by atoms with Crippen molar-refractivity contribution in [3.05, 3.63) is 0 Å². The van der Waals surface area contributed by atoms with Gasteiger partial charge in [0, 0.05) is 14.0 Å². The molecule has 2 fully saturated rings. The summed E-state index contributed by atoms with van der Waals surface area (Å²) in [6, 6.07) is 0. The Kier molecular flexibility index (Phi) is 21.4. The van der Waals surface area contributed by atoms with E-state index in [1.165, 1.54) is 64.2 Å². The van der Waals surface area contributed by atoms with Crippen LogP contribution in [-0.4, -0.2) is 25.8 Å². The number of hydrogen-bond acceptors (Lipinski definition) is 2. The Bertz CT molecular complexity index is 338. The normalized spacial score (nSPS) is 20.4. The van der Waals surface area contributed by atoms with E-state index in [4.69, 9.17) is 24.0 Å². The third kappa shape index (κ3) is 21.3. The van der Waals surface area contributed by atoms with Gasteiger partial charge in [0.15, 0.2) is 0 Å². The van der Waals surface area contributed by atoms with Crippen LogP contribution in [0.1, 0.15) is 113 Å². The molecular weight excluding hydrogens is 524 g/mol. The fourth-order valence-electron chi connectivity index (χ4n) is 3.30. The molecule has 2 rings (SSSR count). The van der Waals surface area contributed by atoms with Gasteiger partial charge < -0.3 is 4.89 Å². The Morgan fingerprint density at radius 1 is 0.821 bits per heavy atom. The van der Waals surface area contributed by atoms with Crippen molar-refractivity contribution in [1.29, 1.82) is 0 Å². The van der Waals surface area contributed by atoms with Crippen molar-refractivity contribution in [2.75, 3.05) is 0 Å². The molecule has 28 heavy (non-hydrogen) atoms. The van der Waals surface area contributed by atoms with Gasteiger partial charge in [-0.2, -0.15) is 0 Å². The van der Waals surface area contributed by atoms with E-state index in [-0.39, 0.29) is 35.1 Å². The van der Waals surface area contributed by atoms with Gasteiger partial charge in [-0.3, -0.25) is 4.89 Å². The molecule has 7 heteroatoms. The van der Waals surface area contributed by atoms with Gasteiger partial charge in [0.25, 0.3) is 0 Å². The average Bonchev–Trinajstić information content (AvgIpc) is 2.63. The maximum atomic E-state index is 10.1. The van der Waals surface area contributed by atoms with Crippen LogP contribution in [0.25, 0.3) is 0 Å². The quantitative estimate of drug-likeness (QED) is 0.245. The Morgan fingerprint density at radius 2 is 1.14 bits per heavy atom. The zero-order chi connectivity index (χ0) is 22.2. The Labute approximate surface area is 195 Å². The van der Waals surface area contributed by atoms with Gasteiger partial charge >= 0.3 is 35.0 Å². The van der Waals surface area contributed by atoms with E-state index in [1.54, 1.807) is 0 Å². The van der Waals surface area contributed by atoms with Crippen LogP contribution in [-0.2, 0) is 15.9 Å². The van der Waals surface area contributed by atoms with Gasteiger partial charge in [-0.15, -0.1) is 0 Å². The second kappa shape index (κ2) is 18.6. The first-order valence-electron chi connectivity index (χ1n) is 10.7. The van der Waals surface area contributed by atoms with Crippen LogP contribution in [0.3, 0.4) is 0 Å².